The van der Waals surface area contributed by atoms with Crippen LogP contribution in [0.2, 0.25) is 0 Å². The second-order valence-electron chi connectivity index (χ2n) is 5.30. The van der Waals surface area contributed by atoms with Crippen LogP contribution in [0, 0.1) is 0 Å². The summed E-state index contributed by atoms with van der Waals surface area (Å²) in [5.41, 5.74) is 0. The minimum atomic E-state index is 0.944. The van der Waals surface area contributed by atoms with E-state index in [1.54, 1.807) is 0 Å². The smallest absolute Gasteiger partial charge is 0.0220 e. The lowest BCUT2D eigenvalue weighted by molar-refractivity contribution is 0.567. The largest absolute Gasteiger partial charge is 0.353 e. The third-order valence-corrected chi connectivity index (χ3v) is 6.78. The van der Waals surface area contributed by atoms with Crippen LogP contribution in [0.4, 0.5) is 0 Å². The fourth-order valence-electron chi connectivity index (χ4n) is 2.68. The number of hydrogen-bond acceptors (Lipinski definition) is 2. The van der Waals surface area contributed by atoms with Crippen LogP contribution < -0.4 is 0 Å². The Labute approximate surface area is 123 Å². The van der Waals surface area contributed by atoms with Gasteiger partial charge in [-0.1, -0.05) is 58.7 Å². The molecule has 1 aromatic carbocycles. The van der Waals surface area contributed by atoms with Crippen molar-refractivity contribution in [2.75, 3.05) is 5.75 Å². The average molecular weight is 291 g/mol. The quantitative estimate of drug-likeness (QED) is 0.522. The number of aryl methyl sites for hydroxylation is 1. The summed E-state index contributed by atoms with van der Waals surface area (Å²) < 4.78 is 2.35. The van der Waals surface area contributed by atoms with Gasteiger partial charge in [-0.3, -0.25) is 0 Å². The van der Waals surface area contributed by atoms with Crippen LogP contribution in [-0.4, -0.2) is 15.6 Å². The Kier molecular flexibility index (Phi) is 4.78. The molecule has 1 fully saturated rings. The summed E-state index contributed by atoms with van der Waals surface area (Å²) in [7, 11) is 4.17. The van der Waals surface area contributed by atoms with Gasteiger partial charge in [-0.05, 0) is 30.0 Å². The number of unbranched alkanes of at least 4 members (excludes halogenated alkanes) is 2. The Morgan fingerprint density at radius 2 is 1.84 bits per heavy atom. The normalized spacial score (nSPS) is 19.3. The maximum Gasteiger partial charge on any atom is 0.0220 e. The molecular formula is C16H21NS2. The number of nitrogens with zero attached hydrogens (tertiary/aromatic N) is 1. The number of rotatable bonds is 6. The summed E-state index contributed by atoms with van der Waals surface area (Å²) in [5.74, 6) is 1.37. The third kappa shape index (κ3) is 3.73. The van der Waals surface area contributed by atoms with Crippen LogP contribution in [0.5, 0.6) is 0 Å². The Bertz CT molecular complexity index is 481. The van der Waals surface area contributed by atoms with Gasteiger partial charge in [0.25, 0.3) is 0 Å². The molecule has 0 aliphatic carbocycles. The molecule has 0 bridgehead atoms. The van der Waals surface area contributed by atoms with E-state index in [0.717, 1.165) is 5.25 Å². The molecule has 0 radical (unpaired) electrons. The number of aromatic nitrogens is 1. The van der Waals surface area contributed by atoms with Gasteiger partial charge >= 0.3 is 0 Å². The van der Waals surface area contributed by atoms with E-state index in [1.165, 1.54) is 55.2 Å². The third-order valence-electron chi connectivity index (χ3n) is 3.78. The molecule has 1 nitrogen and oxygen atoms in total. The summed E-state index contributed by atoms with van der Waals surface area (Å²) in [6.45, 7) is 1.17. The van der Waals surface area contributed by atoms with Crippen molar-refractivity contribution < 1.29 is 0 Å². The van der Waals surface area contributed by atoms with Gasteiger partial charge in [-0.2, -0.15) is 0 Å². The van der Waals surface area contributed by atoms with Crippen LogP contribution >= 0.6 is 21.6 Å². The van der Waals surface area contributed by atoms with Gasteiger partial charge in [0.2, 0.25) is 0 Å². The standard InChI is InChI=1S/C16H21NS2/c1(2-8-16-9-11-18-19-16)5-10-17-12-14-6-3-4-7-15(14)13-17/h3-4,6-7,12-13,16H,1-2,5,8-11H2. The van der Waals surface area contributed by atoms with Crippen LogP contribution in [-0.2, 0) is 6.54 Å². The van der Waals surface area contributed by atoms with Crippen LogP contribution in [0.1, 0.15) is 32.1 Å². The molecule has 3 rings (SSSR count). The minimum absolute atomic E-state index is 0.944. The maximum atomic E-state index is 2.35. The van der Waals surface area contributed by atoms with Gasteiger partial charge in [-0.25, -0.2) is 0 Å². The van der Waals surface area contributed by atoms with E-state index in [0.29, 0.717) is 0 Å². The van der Waals surface area contributed by atoms with E-state index in [9.17, 15) is 0 Å². The molecule has 102 valence electrons. The lowest BCUT2D eigenvalue weighted by Crippen LogP contribution is -1.98. The predicted molar refractivity (Wildman–Crippen MR) is 88.9 cm³/mol. The second-order valence-corrected chi connectivity index (χ2v) is 8.09. The molecule has 3 heteroatoms. The van der Waals surface area contributed by atoms with Gasteiger partial charge < -0.3 is 4.57 Å². The van der Waals surface area contributed by atoms with E-state index in [1.807, 2.05) is 0 Å². The molecule has 0 saturated carbocycles. The summed E-state index contributed by atoms with van der Waals surface area (Å²) in [4.78, 5) is 0. The highest BCUT2D eigenvalue weighted by molar-refractivity contribution is 8.77. The SMILES string of the molecule is c1ccc2cn(CCCCCC3CCSS3)cc2c1. The molecular weight excluding hydrogens is 270 g/mol. The molecule has 1 aliphatic heterocycles. The lowest BCUT2D eigenvalue weighted by atomic mass is 10.1. The average Bonchev–Trinajstić information content (AvgIpc) is 3.06. The molecule has 2 heterocycles. The first-order chi connectivity index (χ1) is 9.42. The second kappa shape index (κ2) is 6.76. The summed E-state index contributed by atoms with van der Waals surface area (Å²) in [6.07, 6.45) is 11.5. The molecule has 0 N–H and O–H groups in total. The molecule has 19 heavy (non-hydrogen) atoms. The zero-order chi connectivity index (χ0) is 12.9. The van der Waals surface area contributed by atoms with Gasteiger partial charge in [0.05, 0.1) is 0 Å². The van der Waals surface area contributed by atoms with E-state index in [2.05, 4.69) is 62.8 Å². The molecule has 1 saturated heterocycles. The summed E-state index contributed by atoms with van der Waals surface area (Å²) >= 11 is 0. The maximum absolute atomic E-state index is 2.35. The van der Waals surface area contributed by atoms with Gasteiger partial charge in [0, 0.05) is 29.9 Å². The number of fused-ring (bicyclic) bond motifs is 1. The van der Waals surface area contributed by atoms with E-state index < -0.39 is 0 Å². The Morgan fingerprint density at radius 1 is 1.05 bits per heavy atom. The fraction of sp³-hybridized carbons (Fsp3) is 0.500. The Balaban J connectivity index is 1.39. The molecule has 1 aromatic heterocycles. The highest BCUT2D eigenvalue weighted by atomic mass is 33.1. The molecule has 1 unspecified atom stereocenters. The van der Waals surface area contributed by atoms with Crippen molar-refractivity contribution in [2.24, 2.45) is 0 Å². The van der Waals surface area contributed by atoms with Crippen molar-refractivity contribution in [2.45, 2.75) is 43.9 Å². The van der Waals surface area contributed by atoms with Crippen LogP contribution in [0.3, 0.4) is 0 Å². The molecule has 0 spiro atoms. The van der Waals surface area contributed by atoms with Crippen LogP contribution in [0.15, 0.2) is 36.7 Å². The van der Waals surface area contributed by atoms with Crippen molar-refractivity contribution in [1.82, 2.24) is 4.57 Å². The molecule has 0 amide bonds. The van der Waals surface area contributed by atoms with Crippen molar-refractivity contribution in [1.29, 1.82) is 0 Å². The summed E-state index contributed by atoms with van der Waals surface area (Å²) in [6, 6.07) is 8.62. The first-order valence-corrected chi connectivity index (χ1v) is 9.63. The summed E-state index contributed by atoms with van der Waals surface area (Å²) in [5, 5.41) is 3.67. The van der Waals surface area contributed by atoms with Gasteiger partial charge in [-0.15, -0.1) is 0 Å². The Morgan fingerprint density at radius 3 is 2.53 bits per heavy atom. The highest BCUT2D eigenvalue weighted by Crippen LogP contribution is 2.39. The fourth-order valence-corrected chi connectivity index (χ4v) is 5.70. The number of benzene rings is 1. The van der Waals surface area contributed by atoms with Crippen molar-refractivity contribution in [3.63, 3.8) is 0 Å². The first kappa shape index (κ1) is 13.4. The monoisotopic (exact) mass is 291 g/mol. The molecule has 1 atom stereocenters. The Hall–Kier alpha value is -0.540. The van der Waals surface area contributed by atoms with E-state index in [4.69, 9.17) is 0 Å². The van der Waals surface area contributed by atoms with E-state index in [-0.39, 0.29) is 0 Å². The van der Waals surface area contributed by atoms with Crippen LogP contribution in [0.25, 0.3) is 10.8 Å². The van der Waals surface area contributed by atoms with Gasteiger partial charge in [0.1, 0.15) is 0 Å². The van der Waals surface area contributed by atoms with Gasteiger partial charge in [0.15, 0.2) is 0 Å². The zero-order valence-corrected chi connectivity index (χ0v) is 12.9. The van der Waals surface area contributed by atoms with E-state index >= 15 is 0 Å². The molecule has 1 aliphatic rings. The topological polar surface area (TPSA) is 4.93 Å². The lowest BCUT2D eigenvalue weighted by Gasteiger charge is -2.07. The zero-order valence-electron chi connectivity index (χ0n) is 11.3. The highest BCUT2D eigenvalue weighted by Gasteiger charge is 2.15. The first-order valence-electron chi connectivity index (χ1n) is 7.24. The van der Waals surface area contributed by atoms with Crippen molar-refractivity contribution >= 4 is 32.4 Å². The predicted octanol–water partition coefficient (Wildman–Crippen LogP) is 5.36. The van der Waals surface area contributed by atoms with Crippen molar-refractivity contribution in [3.8, 4) is 0 Å². The van der Waals surface area contributed by atoms with Crippen molar-refractivity contribution in [3.05, 3.63) is 36.7 Å². The molecule has 2 aromatic rings. The minimum Gasteiger partial charge on any atom is -0.353 e. The number of hydrogen-bond donors (Lipinski definition) is 0.